The van der Waals surface area contributed by atoms with E-state index in [0.29, 0.717) is 28.7 Å². The number of ether oxygens (including phenoxy) is 1. The van der Waals surface area contributed by atoms with E-state index in [1.54, 1.807) is 36.7 Å². The van der Waals surface area contributed by atoms with Gasteiger partial charge in [-0.3, -0.25) is 14.4 Å². The van der Waals surface area contributed by atoms with E-state index < -0.39 is 5.92 Å². The molecule has 0 radical (unpaired) electrons. The lowest BCUT2D eigenvalue weighted by atomic mass is 9.84. The summed E-state index contributed by atoms with van der Waals surface area (Å²) in [5.74, 6) is -0.941. The lowest BCUT2D eigenvalue weighted by Gasteiger charge is -2.20. The van der Waals surface area contributed by atoms with Crippen molar-refractivity contribution >= 4 is 22.8 Å². The fraction of sp³-hybridized carbons (Fsp3) is 0.393. The van der Waals surface area contributed by atoms with Crippen molar-refractivity contribution in [3.63, 3.8) is 0 Å². The molecule has 0 N–H and O–H groups in total. The zero-order valence-electron chi connectivity index (χ0n) is 20.1. The van der Waals surface area contributed by atoms with Gasteiger partial charge in [-0.1, -0.05) is 31.0 Å². The van der Waals surface area contributed by atoms with E-state index in [0.717, 1.165) is 36.8 Å². The van der Waals surface area contributed by atoms with Crippen molar-refractivity contribution in [2.75, 3.05) is 6.61 Å². The van der Waals surface area contributed by atoms with Crippen LogP contribution < -0.4 is 5.56 Å². The lowest BCUT2D eigenvalue weighted by Crippen LogP contribution is -2.25. The van der Waals surface area contributed by atoms with E-state index in [2.05, 4.69) is 11.1 Å². The van der Waals surface area contributed by atoms with E-state index in [9.17, 15) is 14.4 Å². The zero-order chi connectivity index (χ0) is 24.9. The van der Waals surface area contributed by atoms with Gasteiger partial charge in [-0.05, 0) is 55.2 Å². The van der Waals surface area contributed by atoms with E-state index in [1.807, 2.05) is 24.3 Å². The van der Waals surface area contributed by atoms with E-state index in [1.165, 1.54) is 0 Å². The van der Waals surface area contributed by atoms with Crippen molar-refractivity contribution in [1.29, 1.82) is 5.26 Å². The van der Waals surface area contributed by atoms with Gasteiger partial charge in [0.2, 0.25) is 0 Å². The van der Waals surface area contributed by atoms with Gasteiger partial charge in [-0.15, -0.1) is 0 Å². The highest BCUT2D eigenvalue weighted by atomic mass is 16.5. The fourth-order valence-corrected chi connectivity index (χ4v) is 4.90. The van der Waals surface area contributed by atoms with Crippen molar-refractivity contribution in [2.24, 2.45) is 13.0 Å². The standard InChI is InChI=1S/C28H29N3O4/c1-3-35-26(32)16-22(27(33)20-6-4-5-7-20)21-12-13-25-23(15-21)30-24(28(34)31(25)2)14-18-8-10-19(17-29)11-9-18/h8-13,15,20,22H,3-7,14,16H2,1-2H3. The molecule has 1 saturated carbocycles. The Morgan fingerprint density at radius 2 is 1.89 bits per heavy atom. The number of benzene rings is 2. The third kappa shape index (κ3) is 5.32. The minimum absolute atomic E-state index is 0.00145. The smallest absolute Gasteiger partial charge is 0.306 e. The molecule has 1 aliphatic carbocycles. The van der Waals surface area contributed by atoms with Crippen LogP contribution in [0.3, 0.4) is 0 Å². The highest BCUT2D eigenvalue weighted by molar-refractivity contribution is 5.92. The largest absolute Gasteiger partial charge is 0.466 e. The van der Waals surface area contributed by atoms with Crippen LogP contribution >= 0.6 is 0 Å². The normalized spacial score (nSPS) is 14.5. The Kier molecular flexibility index (Phi) is 7.40. The molecule has 0 spiro atoms. The van der Waals surface area contributed by atoms with Crippen LogP contribution in [-0.2, 0) is 27.8 Å². The topological polar surface area (TPSA) is 102 Å². The Hall–Kier alpha value is -3.79. The molecule has 4 rings (SSSR count). The van der Waals surface area contributed by atoms with Gasteiger partial charge in [-0.2, -0.15) is 5.26 Å². The lowest BCUT2D eigenvalue weighted by molar-refractivity contribution is -0.145. The van der Waals surface area contributed by atoms with Crippen LogP contribution in [0.2, 0.25) is 0 Å². The SMILES string of the molecule is CCOC(=O)CC(C(=O)C1CCCC1)c1ccc2c(c1)nc(Cc1ccc(C#N)cc1)c(=O)n2C. The van der Waals surface area contributed by atoms with Crippen LogP contribution in [0.25, 0.3) is 11.0 Å². The van der Waals surface area contributed by atoms with Gasteiger partial charge in [0, 0.05) is 19.4 Å². The molecule has 0 saturated heterocycles. The molecule has 1 aliphatic rings. The number of esters is 1. The second-order valence-corrected chi connectivity index (χ2v) is 9.10. The molecule has 1 heterocycles. The van der Waals surface area contributed by atoms with Crippen LogP contribution in [0, 0.1) is 17.2 Å². The summed E-state index contributed by atoms with van der Waals surface area (Å²) in [7, 11) is 1.70. The van der Waals surface area contributed by atoms with Crippen LogP contribution in [0.5, 0.6) is 0 Å². The van der Waals surface area contributed by atoms with E-state index in [4.69, 9.17) is 10.00 Å². The van der Waals surface area contributed by atoms with Gasteiger partial charge in [0.05, 0.1) is 41.6 Å². The molecule has 180 valence electrons. The number of rotatable bonds is 8. The highest BCUT2D eigenvalue weighted by Gasteiger charge is 2.32. The first-order valence-corrected chi connectivity index (χ1v) is 12.1. The summed E-state index contributed by atoms with van der Waals surface area (Å²) in [5, 5.41) is 9.01. The molecule has 7 nitrogen and oxygen atoms in total. The molecule has 2 aromatic carbocycles. The number of hydrogen-bond donors (Lipinski definition) is 0. The summed E-state index contributed by atoms with van der Waals surface area (Å²) >= 11 is 0. The van der Waals surface area contributed by atoms with Gasteiger partial charge < -0.3 is 9.30 Å². The molecule has 1 fully saturated rings. The number of fused-ring (bicyclic) bond motifs is 1. The van der Waals surface area contributed by atoms with E-state index in [-0.39, 0.29) is 36.3 Å². The van der Waals surface area contributed by atoms with Gasteiger partial charge in [-0.25, -0.2) is 4.98 Å². The Bertz CT molecular complexity index is 1350. The Morgan fingerprint density at radius 3 is 2.54 bits per heavy atom. The van der Waals surface area contributed by atoms with Crippen LogP contribution in [-0.4, -0.2) is 27.9 Å². The molecule has 0 aliphatic heterocycles. The predicted molar refractivity (Wildman–Crippen MR) is 132 cm³/mol. The number of aromatic nitrogens is 2. The molecule has 1 atom stereocenters. The summed E-state index contributed by atoms with van der Waals surface area (Å²) < 4.78 is 6.72. The highest BCUT2D eigenvalue weighted by Crippen LogP contribution is 2.34. The number of nitriles is 1. The molecule has 7 heteroatoms. The summed E-state index contributed by atoms with van der Waals surface area (Å²) in [5.41, 5.74) is 3.59. The summed E-state index contributed by atoms with van der Waals surface area (Å²) in [6.45, 7) is 2.02. The molecule has 1 aromatic heterocycles. The quantitative estimate of drug-likeness (QED) is 0.457. The maximum absolute atomic E-state index is 13.4. The molecule has 35 heavy (non-hydrogen) atoms. The van der Waals surface area contributed by atoms with Crippen LogP contribution in [0.1, 0.15) is 67.3 Å². The average molecular weight is 472 g/mol. The Balaban J connectivity index is 1.72. The molecule has 0 amide bonds. The third-order valence-electron chi connectivity index (χ3n) is 6.80. The van der Waals surface area contributed by atoms with Gasteiger partial charge >= 0.3 is 5.97 Å². The predicted octanol–water partition coefficient (Wildman–Crippen LogP) is 4.19. The first-order valence-electron chi connectivity index (χ1n) is 12.1. The number of carbonyl (C=O) groups excluding carboxylic acids is 2. The van der Waals surface area contributed by atoms with Gasteiger partial charge in [0.1, 0.15) is 11.5 Å². The number of carbonyl (C=O) groups is 2. The first kappa shape index (κ1) is 24.3. The van der Waals surface area contributed by atoms with Crippen molar-refractivity contribution < 1.29 is 14.3 Å². The molecular formula is C28H29N3O4. The van der Waals surface area contributed by atoms with E-state index >= 15 is 0 Å². The summed E-state index contributed by atoms with van der Waals surface area (Å²) in [4.78, 5) is 43.4. The number of hydrogen-bond acceptors (Lipinski definition) is 6. The molecule has 3 aromatic rings. The molecular weight excluding hydrogens is 442 g/mol. The van der Waals surface area contributed by atoms with Crippen molar-refractivity contribution in [3.8, 4) is 6.07 Å². The first-order chi connectivity index (χ1) is 16.9. The van der Waals surface area contributed by atoms with Crippen molar-refractivity contribution in [1.82, 2.24) is 9.55 Å². The maximum Gasteiger partial charge on any atom is 0.306 e. The second kappa shape index (κ2) is 10.6. The summed E-state index contributed by atoms with van der Waals surface area (Å²) in [6.07, 6.45) is 4.09. The third-order valence-corrected chi connectivity index (χ3v) is 6.80. The molecule has 1 unspecified atom stereocenters. The minimum atomic E-state index is -0.595. The maximum atomic E-state index is 13.4. The Labute approximate surface area is 204 Å². The monoisotopic (exact) mass is 471 g/mol. The second-order valence-electron chi connectivity index (χ2n) is 9.10. The van der Waals surface area contributed by atoms with Gasteiger partial charge in [0.25, 0.3) is 5.56 Å². The minimum Gasteiger partial charge on any atom is -0.466 e. The zero-order valence-corrected chi connectivity index (χ0v) is 20.1. The number of ketones is 1. The van der Waals surface area contributed by atoms with Crippen molar-refractivity contribution in [2.45, 2.75) is 51.4 Å². The molecule has 0 bridgehead atoms. The summed E-state index contributed by atoms with van der Waals surface area (Å²) in [6, 6.07) is 14.6. The number of aryl methyl sites for hydroxylation is 1. The van der Waals surface area contributed by atoms with Crippen molar-refractivity contribution in [3.05, 3.63) is 75.2 Å². The number of Topliss-reactive ketones (excluding diaryl/α,β-unsaturated/α-hetero) is 1. The Morgan fingerprint density at radius 1 is 1.17 bits per heavy atom. The fourth-order valence-electron chi connectivity index (χ4n) is 4.90. The van der Waals surface area contributed by atoms with Crippen LogP contribution in [0.15, 0.2) is 47.3 Å². The average Bonchev–Trinajstić information content (AvgIpc) is 3.41. The number of nitrogens with zero attached hydrogens (tertiary/aromatic N) is 3. The van der Waals surface area contributed by atoms with Gasteiger partial charge in [0.15, 0.2) is 0 Å². The van der Waals surface area contributed by atoms with Crippen LogP contribution in [0.4, 0.5) is 0 Å².